The lowest BCUT2D eigenvalue weighted by atomic mass is 10.1. The Labute approximate surface area is 117 Å². The lowest BCUT2D eigenvalue weighted by Crippen LogP contribution is -2.05. The first kappa shape index (κ1) is 14.0. The fourth-order valence-corrected chi connectivity index (χ4v) is 2.89. The predicted octanol–water partition coefficient (Wildman–Crippen LogP) is 3.63. The smallest absolute Gasteiger partial charge is 0.119 e. The number of aromatic nitrogens is 1. The van der Waals surface area contributed by atoms with E-state index >= 15 is 0 Å². The zero-order valence-electron chi connectivity index (χ0n) is 11.7. The Morgan fingerprint density at radius 3 is 2.26 bits per heavy atom. The van der Waals surface area contributed by atoms with Crippen molar-refractivity contribution in [3.8, 4) is 5.75 Å². The third kappa shape index (κ3) is 3.33. The number of benzene rings is 1. The van der Waals surface area contributed by atoms with Crippen LogP contribution in [0.25, 0.3) is 0 Å². The molecule has 1 atom stereocenters. The topological polar surface area (TPSA) is 42.4 Å². The van der Waals surface area contributed by atoms with Crippen LogP contribution < -0.4 is 4.74 Å². The second-order valence-corrected chi connectivity index (χ2v) is 6.06. The van der Waals surface area contributed by atoms with Crippen molar-refractivity contribution in [1.29, 1.82) is 0 Å². The van der Waals surface area contributed by atoms with Crippen molar-refractivity contribution < 1.29 is 9.84 Å². The molecule has 0 aliphatic rings. The highest BCUT2D eigenvalue weighted by molar-refractivity contribution is 7.11. The van der Waals surface area contributed by atoms with Gasteiger partial charge in [-0.05, 0) is 45.4 Å². The van der Waals surface area contributed by atoms with E-state index in [1.807, 2.05) is 52.0 Å². The zero-order chi connectivity index (χ0) is 14.0. The number of hydrogen-bond donors (Lipinski definition) is 1. The highest BCUT2D eigenvalue weighted by atomic mass is 32.1. The molecule has 0 saturated heterocycles. The molecule has 0 fully saturated rings. The Hall–Kier alpha value is -1.39. The summed E-state index contributed by atoms with van der Waals surface area (Å²) >= 11 is 1.54. The molecule has 0 radical (unpaired) electrons. The van der Waals surface area contributed by atoms with E-state index < -0.39 is 6.10 Å². The van der Waals surface area contributed by atoms with Crippen LogP contribution in [-0.2, 0) is 0 Å². The third-order valence-corrected chi connectivity index (χ3v) is 3.88. The maximum Gasteiger partial charge on any atom is 0.119 e. The largest absolute Gasteiger partial charge is 0.491 e. The van der Waals surface area contributed by atoms with Gasteiger partial charge in [-0.25, -0.2) is 4.98 Å². The number of thiazole rings is 1. The van der Waals surface area contributed by atoms with Crippen molar-refractivity contribution in [3.63, 3.8) is 0 Å². The van der Waals surface area contributed by atoms with Gasteiger partial charge in [0.05, 0.1) is 21.7 Å². The van der Waals surface area contributed by atoms with Crippen LogP contribution in [0.3, 0.4) is 0 Å². The normalized spacial score (nSPS) is 12.7. The second kappa shape index (κ2) is 5.72. The third-order valence-electron chi connectivity index (χ3n) is 2.76. The molecule has 2 rings (SSSR count). The SMILES string of the molecule is Cc1nc(C)c(C(O)c2ccc(OC(C)C)cc2)s1. The molecular formula is C15H19NO2S. The molecule has 0 aliphatic carbocycles. The fourth-order valence-electron chi connectivity index (χ4n) is 1.95. The van der Waals surface area contributed by atoms with Crippen molar-refractivity contribution >= 4 is 11.3 Å². The summed E-state index contributed by atoms with van der Waals surface area (Å²) in [4.78, 5) is 5.26. The fraction of sp³-hybridized carbons (Fsp3) is 0.400. The first-order valence-electron chi connectivity index (χ1n) is 6.36. The van der Waals surface area contributed by atoms with E-state index in [4.69, 9.17) is 4.74 Å². The minimum atomic E-state index is -0.612. The van der Waals surface area contributed by atoms with E-state index in [2.05, 4.69) is 4.98 Å². The first-order chi connectivity index (χ1) is 8.97. The molecule has 0 amide bonds. The van der Waals surface area contributed by atoms with Gasteiger partial charge in [-0.15, -0.1) is 11.3 Å². The zero-order valence-corrected chi connectivity index (χ0v) is 12.5. The lowest BCUT2D eigenvalue weighted by Gasteiger charge is -2.13. The Bertz CT molecular complexity index is 546. The van der Waals surface area contributed by atoms with Gasteiger partial charge in [0.15, 0.2) is 0 Å². The minimum absolute atomic E-state index is 0.155. The predicted molar refractivity (Wildman–Crippen MR) is 77.9 cm³/mol. The first-order valence-corrected chi connectivity index (χ1v) is 7.17. The molecule has 1 aromatic heterocycles. The van der Waals surface area contributed by atoms with Gasteiger partial charge in [-0.1, -0.05) is 12.1 Å². The summed E-state index contributed by atoms with van der Waals surface area (Å²) in [6, 6.07) is 7.58. The van der Waals surface area contributed by atoms with Crippen molar-refractivity contribution in [1.82, 2.24) is 4.98 Å². The van der Waals surface area contributed by atoms with Gasteiger partial charge in [0.2, 0.25) is 0 Å². The summed E-state index contributed by atoms with van der Waals surface area (Å²) in [6.45, 7) is 7.87. The van der Waals surface area contributed by atoms with Gasteiger partial charge in [0.1, 0.15) is 11.9 Å². The van der Waals surface area contributed by atoms with Gasteiger partial charge in [-0.2, -0.15) is 0 Å². The van der Waals surface area contributed by atoms with Gasteiger partial charge in [-0.3, -0.25) is 0 Å². The molecule has 19 heavy (non-hydrogen) atoms. The lowest BCUT2D eigenvalue weighted by molar-refractivity contribution is 0.222. The monoisotopic (exact) mass is 277 g/mol. The molecule has 2 aromatic rings. The summed E-state index contributed by atoms with van der Waals surface area (Å²) in [6.07, 6.45) is -0.457. The van der Waals surface area contributed by atoms with Crippen LogP contribution in [0.15, 0.2) is 24.3 Å². The number of hydrogen-bond acceptors (Lipinski definition) is 4. The molecule has 1 heterocycles. The van der Waals surface area contributed by atoms with Crippen molar-refractivity contribution in [2.24, 2.45) is 0 Å². The van der Waals surface area contributed by atoms with Gasteiger partial charge < -0.3 is 9.84 Å². The summed E-state index contributed by atoms with van der Waals surface area (Å²) in [5, 5.41) is 11.4. The number of ether oxygens (including phenoxy) is 1. The standard InChI is InChI=1S/C15H19NO2S/c1-9(2)18-13-7-5-12(6-8-13)14(17)15-10(3)16-11(4)19-15/h5-9,14,17H,1-4H3. The molecule has 0 saturated carbocycles. The summed E-state index contributed by atoms with van der Waals surface area (Å²) in [5.74, 6) is 0.822. The highest BCUT2D eigenvalue weighted by Gasteiger charge is 2.16. The molecular weight excluding hydrogens is 258 g/mol. The van der Waals surface area contributed by atoms with Crippen LogP contribution in [0.4, 0.5) is 0 Å². The van der Waals surface area contributed by atoms with Crippen molar-refractivity contribution in [3.05, 3.63) is 45.4 Å². The average Bonchev–Trinajstić information content (AvgIpc) is 2.68. The summed E-state index contributed by atoms with van der Waals surface area (Å²) in [7, 11) is 0. The Morgan fingerprint density at radius 1 is 1.16 bits per heavy atom. The van der Waals surface area contributed by atoms with Gasteiger partial charge >= 0.3 is 0 Å². The maximum absolute atomic E-state index is 10.4. The maximum atomic E-state index is 10.4. The van der Waals surface area contributed by atoms with Crippen LogP contribution in [0.5, 0.6) is 5.75 Å². The Morgan fingerprint density at radius 2 is 1.79 bits per heavy atom. The van der Waals surface area contributed by atoms with Crippen LogP contribution in [0, 0.1) is 13.8 Å². The quantitative estimate of drug-likeness (QED) is 0.928. The number of aliphatic hydroxyl groups is 1. The molecule has 3 nitrogen and oxygen atoms in total. The van der Waals surface area contributed by atoms with E-state index in [1.54, 1.807) is 0 Å². The number of nitrogens with zero attached hydrogens (tertiary/aromatic N) is 1. The van der Waals surface area contributed by atoms with E-state index in [9.17, 15) is 5.11 Å². The molecule has 102 valence electrons. The van der Waals surface area contributed by atoms with Crippen LogP contribution in [0.2, 0.25) is 0 Å². The molecule has 1 unspecified atom stereocenters. The van der Waals surface area contributed by atoms with E-state index in [0.717, 1.165) is 26.9 Å². The van der Waals surface area contributed by atoms with Crippen LogP contribution in [0.1, 0.15) is 41.1 Å². The van der Waals surface area contributed by atoms with Crippen LogP contribution in [-0.4, -0.2) is 16.2 Å². The molecule has 0 aliphatic heterocycles. The van der Waals surface area contributed by atoms with E-state index in [1.165, 1.54) is 11.3 Å². The molecule has 1 N–H and O–H groups in total. The Kier molecular flexibility index (Phi) is 4.22. The molecule has 0 spiro atoms. The van der Waals surface area contributed by atoms with Crippen LogP contribution >= 0.6 is 11.3 Å². The highest BCUT2D eigenvalue weighted by Crippen LogP contribution is 2.30. The van der Waals surface area contributed by atoms with E-state index in [-0.39, 0.29) is 6.10 Å². The molecule has 0 bridgehead atoms. The van der Waals surface area contributed by atoms with E-state index in [0.29, 0.717) is 0 Å². The van der Waals surface area contributed by atoms with Gasteiger partial charge in [0.25, 0.3) is 0 Å². The number of aryl methyl sites for hydroxylation is 2. The van der Waals surface area contributed by atoms with Crippen molar-refractivity contribution in [2.45, 2.75) is 39.9 Å². The average molecular weight is 277 g/mol. The molecule has 1 aromatic carbocycles. The summed E-state index contributed by atoms with van der Waals surface area (Å²) < 4.78 is 5.59. The van der Waals surface area contributed by atoms with Crippen molar-refractivity contribution in [2.75, 3.05) is 0 Å². The summed E-state index contributed by atoms with van der Waals surface area (Å²) in [5.41, 5.74) is 1.76. The van der Waals surface area contributed by atoms with Gasteiger partial charge in [0, 0.05) is 0 Å². The number of rotatable bonds is 4. The second-order valence-electron chi connectivity index (χ2n) is 4.82. The minimum Gasteiger partial charge on any atom is -0.491 e. The Balaban J connectivity index is 2.20. The number of aliphatic hydroxyl groups excluding tert-OH is 1. The molecule has 4 heteroatoms.